The highest BCUT2D eigenvalue weighted by Gasteiger charge is 2.52. The summed E-state index contributed by atoms with van der Waals surface area (Å²) in [5, 5.41) is 12.1. The number of hydrogen-bond acceptors (Lipinski definition) is 3. The van der Waals surface area contributed by atoms with Crippen molar-refractivity contribution in [1.82, 2.24) is 10.2 Å². The van der Waals surface area contributed by atoms with Gasteiger partial charge in [0.25, 0.3) is 0 Å². The van der Waals surface area contributed by atoms with E-state index in [9.17, 15) is 22.8 Å². The molecular weight excluding hydrogens is 373 g/mol. The maximum Gasteiger partial charge on any atom is 0.393 e. The van der Waals surface area contributed by atoms with E-state index in [-0.39, 0.29) is 25.0 Å². The predicted molar refractivity (Wildman–Crippen MR) is 96.4 cm³/mol. The van der Waals surface area contributed by atoms with Crippen LogP contribution in [0.3, 0.4) is 0 Å². The fourth-order valence-corrected chi connectivity index (χ4v) is 4.44. The molecule has 1 unspecified atom stereocenters. The minimum atomic E-state index is -4.59. The SMILES string of the molecule is O=C(CN1C[C@@H](C(F)(F)F)[C@H](C(=O)O)C1)NC(c1ccccc1)C1CCCC1. The van der Waals surface area contributed by atoms with Crippen LogP contribution in [-0.2, 0) is 9.59 Å². The normalized spacial score (nSPS) is 25.0. The van der Waals surface area contributed by atoms with E-state index in [2.05, 4.69) is 5.32 Å². The van der Waals surface area contributed by atoms with Gasteiger partial charge in [-0.1, -0.05) is 43.2 Å². The summed E-state index contributed by atoms with van der Waals surface area (Å²) >= 11 is 0. The van der Waals surface area contributed by atoms with Gasteiger partial charge in [-0.3, -0.25) is 14.5 Å². The summed E-state index contributed by atoms with van der Waals surface area (Å²) in [5.41, 5.74) is 0.987. The molecule has 8 heteroatoms. The van der Waals surface area contributed by atoms with E-state index in [0.717, 1.165) is 31.2 Å². The number of nitrogens with zero attached hydrogens (tertiary/aromatic N) is 1. The van der Waals surface area contributed by atoms with Crippen molar-refractivity contribution in [1.29, 1.82) is 0 Å². The number of likely N-dealkylation sites (tertiary alicyclic amines) is 1. The predicted octanol–water partition coefficient (Wildman–Crippen LogP) is 3.23. The molecular formula is C20H25F3N2O3. The Morgan fingerprint density at radius 3 is 2.32 bits per heavy atom. The molecule has 2 fully saturated rings. The number of carbonyl (C=O) groups is 2. The first-order valence-electron chi connectivity index (χ1n) is 9.62. The van der Waals surface area contributed by atoms with Crippen LogP contribution in [0.1, 0.15) is 37.3 Å². The highest BCUT2D eigenvalue weighted by Crippen LogP contribution is 2.38. The Bertz CT molecular complexity index is 690. The summed E-state index contributed by atoms with van der Waals surface area (Å²) in [4.78, 5) is 25.1. The molecule has 2 N–H and O–H groups in total. The van der Waals surface area contributed by atoms with E-state index in [4.69, 9.17) is 5.11 Å². The molecule has 1 aliphatic heterocycles. The lowest BCUT2D eigenvalue weighted by atomic mass is 9.91. The van der Waals surface area contributed by atoms with Crippen molar-refractivity contribution in [3.05, 3.63) is 35.9 Å². The molecule has 1 aromatic rings. The Labute approximate surface area is 161 Å². The lowest BCUT2D eigenvalue weighted by Gasteiger charge is -2.26. The monoisotopic (exact) mass is 398 g/mol. The molecule has 1 heterocycles. The quantitative estimate of drug-likeness (QED) is 0.772. The third-order valence-corrected chi connectivity index (χ3v) is 5.85. The van der Waals surface area contributed by atoms with Gasteiger partial charge < -0.3 is 10.4 Å². The summed E-state index contributed by atoms with van der Waals surface area (Å²) in [5.74, 6) is -5.02. The number of alkyl halides is 3. The van der Waals surface area contributed by atoms with Crippen molar-refractivity contribution >= 4 is 11.9 Å². The second kappa shape index (κ2) is 8.51. The van der Waals surface area contributed by atoms with Gasteiger partial charge in [0.1, 0.15) is 0 Å². The first-order chi connectivity index (χ1) is 13.3. The van der Waals surface area contributed by atoms with Gasteiger partial charge in [-0.2, -0.15) is 13.2 Å². The lowest BCUT2D eigenvalue weighted by molar-refractivity contribution is -0.188. The summed E-state index contributed by atoms with van der Waals surface area (Å²) in [6.45, 7) is -0.966. The fraction of sp³-hybridized carbons (Fsp3) is 0.600. The van der Waals surface area contributed by atoms with Crippen LogP contribution in [0.25, 0.3) is 0 Å². The molecule has 0 aromatic heterocycles. The lowest BCUT2D eigenvalue weighted by Crippen LogP contribution is -2.40. The molecule has 3 rings (SSSR count). The Kier molecular flexibility index (Phi) is 6.27. The highest BCUT2D eigenvalue weighted by molar-refractivity contribution is 5.79. The number of hydrogen-bond donors (Lipinski definition) is 2. The smallest absolute Gasteiger partial charge is 0.393 e. The van der Waals surface area contributed by atoms with Gasteiger partial charge >= 0.3 is 12.1 Å². The summed E-state index contributed by atoms with van der Waals surface area (Å²) in [7, 11) is 0. The van der Waals surface area contributed by atoms with Gasteiger partial charge in [0.05, 0.1) is 24.4 Å². The standard InChI is InChI=1S/C20H25F3N2O3/c21-20(22,23)16-11-25(10-15(16)19(27)28)12-17(26)24-18(14-8-4-5-9-14)13-6-2-1-3-7-13/h1-3,6-7,14-16,18H,4-5,8-12H2,(H,24,26)(H,27,28)/t15-,16-,18?/m1/s1. The van der Waals surface area contributed by atoms with Crippen molar-refractivity contribution in [3.8, 4) is 0 Å². The first-order valence-corrected chi connectivity index (χ1v) is 9.62. The highest BCUT2D eigenvalue weighted by atomic mass is 19.4. The van der Waals surface area contributed by atoms with E-state index in [0.29, 0.717) is 5.92 Å². The van der Waals surface area contributed by atoms with Crippen molar-refractivity contribution in [2.24, 2.45) is 17.8 Å². The number of carbonyl (C=O) groups excluding carboxylic acids is 1. The minimum absolute atomic E-state index is 0.174. The molecule has 5 nitrogen and oxygen atoms in total. The minimum Gasteiger partial charge on any atom is -0.481 e. The van der Waals surface area contributed by atoms with E-state index < -0.39 is 30.5 Å². The fourth-order valence-electron chi connectivity index (χ4n) is 4.44. The van der Waals surface area contributed by atoms with E-state index >= 15 is 0 Å². The third kappa shape index (κ3) is 4.84. The molecule has 1 saturated heterocycles. The van der Waals surface area contributed by atoms with Gasteiger partial charge in [0, 0.05) is 13.1 Å². The Hall–Kier alpha value is -2.09. The topological polar surface area (TPSA) is 69.6 Å². The van der Waals surface area contributed by atoms with Crippen LogP contribution in [0.4, 0.5) is 13.2 Å². The number of rotatable bonds is 6. The zero-order chi connectivity index (χ0) is 20.3. The average Bonchev–Trinajstić information content (AvgIpc) is 3.30. The van der Waals surface area contributed by atoms with E-state index in [1.807, 2.05) is 30.3 Å². The van der Waals surface area contributed by atoms with Crippen molar-refractivity contribution in [3.63, 3.8) is 0 Å². The summed E-state index contributed by atoms with van der Waals surface area (Å²) in [6, 6.07) is 9.40. The molecule has 1 amide bonds. The van der Waals surface area contributed by atoms with Crippen molar-refractivity contribution < 1.29 is 27.9 Å². The number of benzene rings is 1. The van der Waals surface area contributed by atoms with E-state index in [1.165, 1.54) is 4.90 Å². The number of aliphatic carboxylic acids is 1. The van der Waals surface area contributed by atoms with Crippen LogP contribution in [0.5, 0.6) is 0 Å². The Morgan fingerprint density at radius 2 is 1.79 bits per heavy atom. The average molecular weight is 398 g/mol. The van der Waals surface area contributed by atoms with E-state index in [1.54, 1.807) is 0 Å². The zero-order valence-corrected chi connectivity index (χ0v) is 15.5. The van der Waals surface area contributed by atoms with Gasteiger partial charge in [-0.05, 0) is 24.3 Å². The van der Waals surface area contributed by atoms with Gasteiger partial charge in [-0.25, -0.2) is 0 Å². The maximum absolute atomic E-state index is 13.1. The summed E-state index contributed by atoms with van der Waals surface area (Å²) in [6.07, 6.45) is -0.389. The second-order valence-electron chi connectivity index (χ2n) is 7.79. The van der Waals surface area contributed by atoms with Crippen LogP contribution in [0.2, 0.25) is 0 Å². The molecule has 0 spiro atoms. The van der Waals surface area contributed by atoms with Crippen molar-refractivity contribution in [2.75, 3.05) is 19.6 Å². The molecule has 1 aromatic carbocycles. The zero-order valence-electron chi connectivity index (χ0n) is 15.5. The van der Waals surface area contributed by atoms with Crippen LogP contribution >= 0.6 is 0 Å². The molecule has 0 radical (unpaired) electrons. The second-order valence-corrected chi connectivity index (χ2v) is 7.79. The number of amides is 1. The summed E-state index contributed by atoms with van der Waals surface area (Å²) < 4.78 is 39.4. The van der Waals surface area contributed by atoms with Crippen LogP contribution in [0, 0.1) is 17.8 Å². The van der Waals surface area contributed by atoms with Crippen LogP contribution in [-0.4, -0.2) is 47.7 Å². The van der Waals surface area contributed by atoms with Gasteiger partial charge in [-0.15, -0.1) is 0 Å². The molecule has 28 heavy (non-hydrogen) atoms. The number of carboxylic acids is 1. The third-order valence-electron chi connectivity index (χ3n) is 5.85. The maximum atomic E-state index is 13.1. The number of halogens is 3. The molecule has 3 atom stereocenters. The van der Waals surface area contributed by atoms with Gasteiger partial charge in [0.15, 0.2) is 0 Å². The first kappa shape index (κ1) is 20.6. The van der Waals surface area contributed by atoms with Gasteiger partial charge in [0.2, 0.25) is 5.91 Å². The largest absolute Gasteiger partial charge is 0.481 e. The Morgan fingerprint density at radius 1 is 1.14 bits per heavy atom. The van der Waals surface area contributed by atoms with Crippen LogP contribution in [0.15, 0.2) is 30.3 Å². The molecule has 0 bridgehead atoms. The Balaban J connectivity index is 1.65. The number of nitrogens with one attached hydrogen (secondary N) is 1. The van der Waals surface area contributed by atoms with Crippen molar-refractivity contribution in [2.45, 2.75) is 37.9 Å². The molecule has 2 aliphatic rings. The van der Waals surface area contributed by atoms with Crippen LogP contribution < -0.4 is 5.32 Å². The molecule has 1 aliphatic carbocycles. The molecule has 154 valence electrons. The molecule has 1 saturated carbocycles. The number of carboxylic acid groups (broad SMARTS) is 1.